The number of benzene rings is 1. The van der Waals surface area contributed by atoms with Crippen LogP contribution in [0.1, 0.15) is 36.7 Å². The van der Waals surface area contributed by atoms with Crippen LogP contribution in [0.2, 0.25) is 0 Å². The predicted molar refractivity (Wildman–Crippen MR) is 116 cm³/mol. The predicted octanol–water partition coefficient (Wildman–Crippen LogP) is 2.38. The Morgan fingerprint density at radius 1 is 1.19 bits per heavy atom. The van der Waals surface area contributed by atoms with Crippen molar-refractivity contribution in [3.63, 3.8) is 0 Å². The van der Waals surface area contributed by atoms with E-state index in [2.05, 4.69) is 15.5 Å². The van der Waals surface area contributed by atoms with Crippen LogP contribution in [0, 0.1) is 0 Å². The molecule has 0 bridgehead atoms. The zero-order chi connectivity index (χ0) is 23.3. The molecule has 0 aliphatic rings. The number of rotatable bonds is 7. The van der Waals surface area contributed by atoms with Crippen molar-refractivity contribution in [3.05, 3.63) is 70.3 Å². The largest absolute Gasteiger partial charge is 0.478 e. The Morgan fingerprint density at radius 3 is 2.69 bits per heavy atom. The fourth-order valence-electron chi connectivity index (χ4n) is 2.90. The van der Waals surface area contributed by atoms with Gasteiger partial charge in [0.2, 0.25) is 0 Å². The van der Waals surface area contributed by atoms with Crippen molar-refractivity contribution in [1.29, 1.82) is 0 Å². The fourth-order valence-corrected chi connectivity index (χ4v) is 2.90. The Labute approximate surface area is 184 Å². The number of carboxylic acid groups (broad SMARTS) is 1. The number of alkyl carbamates (subject to hydrolysis) is 1. The summed E-state index contributed by atoms with van der Waals surface area (Å²) in [7, 11) is 0. The Morgan fingerprint density at radius 2 is 1.97 bits per heavy atom. The van der Waals surface area contributed by atoms with Crippen LogP contribution in [0.15, 0.2) is 53.6 Å². The number of amides is 1. The Bertz CT molecular complexity index is 1180. The number of aromatic carboxylic acids is 1. The molecule has 0 radical (unpaired) electrons. The van der Waals surface area contributed by atoms with Gasteiger partial charge >= 0.3 is 12.1 Å². The molecule has 0 saturated carbocycles. The summed E-state index contributed by atoms with van der Waals surface area (Å²) < 4.78 is 8.12. The minimum absolute atomic E-state index is 0.141. The number of aromatic nitrogens is 4. The van der Waals surface area contributed by atoms with Crippen molar-refractivity contribution in [2.45, 2.75) is 39.5 Å². The monoisotopic (exact) mass is 439 g/mol. The van der Waals surface area contributed by atoms with Gasteiger partial charge in [-0.15, -0.1) is 0 Å². The van der Waals surface area contributed by atoms with Crippen molar-refractivity contribution in [3.8, 4) is 11.3 Å². The van der Waals surface area contributed by atoms with Gasteiger partial charge in [0.1, 0.15) is 5.60 Å². The van der Waals surface area contributed by atoms with Gasteiger partial charge in [-0.25, -0.2) is 14.3 Å². The second-order valence-electron chi connectivity index (χ2n) is 8.14. The van der Waals surface area contributed by atoms with Gasteiger partial charge in [-0.2, -0.15) is 10.2 Å². The lowest BCUT2D eigenvalue weighted by molar-refractivity contribution is 0.0525. The Hall–Kier alpha value is -3.95. The van der Waals surface area contributed by atoms with Gasteiger partial charge in [0.05, 0.1) is 30.5 Å². The van der Waals surface area contributed by atoms with E-state index in [1.54, 1.807) is 56.0 Å². The molecule has 0 unspecified atom stereocenters. The van der Waals surface area contributed by atoms with E-state index < -0.39 is 17.7 Å². The summed E-state index contributed by atoms with van der Waals surface area (Å²) >= 11 is 0. The molecule has 0 saturated heterocycles. The summed E-state index contributed by atoms with van der Waals surface area (Å²) in [5, 5.41) is 20.5. The van der Waals surface area contributed by atoms with E-state index in [0.717, 1.165) is 0 Å². The van der Waals surface area contributed by atoms with Crippen molar-refractivity contribution in [2.24, 2.45) is 0 Å². The minimum Gasteiger partial charge on any atom is -0.478 e. The number of carbonyl (C=O) groups is 2. The average Bonchev–Trinajstić information content (AvgIpc) is 3.17. The fraction of sp³-hybridized carbons (Fsp3) is 0.318. The van der Waals surface area contributed by atoms with Crippen LogP contribution in [-0.2, 0) is 17.8 Å². The first-order chi connectivity index (χ1) is 15.1. The van der Waals surface area contributed by atoms with Gasteiger partial charge in [0.25, 0.3) is 5.56 Å². The smallest absolute Gasteiger partial charge is 0.407 e. The second kappa shape index (κ2) is 9.46. The summed E-state index contributed by atoms with van der Waals surface area (Å²) in [6, 6.07) is 9.38. The molecule has 2 N–H and O–H groups in total. The molecule has 1 amide bonds. The molecule has 0 atom stereocenters. The SMILES string of the molecule is CC(C)(C)OC(=O)NCCn1cc(-c2ccc(=O)n(Cc3cccc(C(=O)O)c3)n2)cn1. The van der Waals surface area contributed by atoms with Crippen LogP contribution in [-0.4, -0.2) is 48.9 Å². The van der Waals surface area contributed by atoms with Crippen LogP contribution >= 0.6 is 0 Å². The lowest BCUT2D eigenvalue weighted by atomic mass is 10.1. The first-order valence-corrected chi connectivity index (χ1v) is 10.0. The maximum absolute atomic E-state index is 12.2. The zero-order valence-corrected chi connectivity index (χ0v) is 18.1. The summed E-state index contributed by atoms with van der Waals surface area (Å²) in [6.45, 7) is 6.29. The molecule has 2 heterocycles. The van der Waals surface area contributed by atoms with E-state index >= 15 is 0 Å². The van der Waals surface area contributed by atoms with Gasteiger partial charge in [0, 0.05) is 24.4 Å². The molecular formula is C22H25N5O5. The van der Waals surface area contributed by atoms with Crippen LogP contribution in [0.3, 0.4) is 0 Å². The summed E-state index contributed by atoms with van der Waals surface area (Å²) in [6.07, 6.45) is 2.89. The lowest BCUT2D eigenvalue weighted by Crippen LogP contribution is -2.34. The molecule has 3 aromatic rings. The summed E-state index contributed by atoms with van der Waals surface area (Å²) in [5.41, 5.74) is 1.18. The summed E-state index contributed by atoms with van der Waals surface area (Å²) in [5.74, 6) is -1.03. The molecule has 10 heteroatoms. The van der Waals surface area contributed by atoms with Crippen LogP contribution in [0.5, 0.6) is 0 Å². The van der Waals surface area contributed by atoms with Gasteiger partial charge < -0.3 is 15.2 Å². The van der Waals surface area contributed by atoms with Crippen LogP contribution in [0.25, 0.3) is 11.3 Å². The highest BCUT2D eigenvalue weighted by Gasteiger charge is 2.15. The maximum Gasteiger partial charge on any atom is 0.407 e. The molecular weight excluding hydrogens is 414 g/mol. The van der Waals surface area contributed by atoms with Gasteiger partial charge in [0.15, 0.2) is 0 Å². The third kappa shape index (κ3) is 6.27. The quantitative estimate of drug-likeness (QED) is 0.578. The molecule has 0 aliphatic carbocycles. The van der Waals surface area contributed by atoms with Crippen molar-refractivity contribution < 1.29 is 19.4 Å². The Kier molecular flexibility index (Phi) is 6.72. The van der Waals surface area contributed by atoms with E-state index in [1.807, 2.05) is 0 Å². The molecule has 168 valence electrons. The molecule has 1 aromatic carbocycles. The first-order valence-electron chi connectivity index (χ1n) is 10.0. The standard InChI is InChI=1S/C22H25N5O5/c1-22(2,3)32-21(31)23-9-10-26-14-17(12-24-26)18-7-8-19(28)27(25-18)13-15-5-4-6-16(11-15)20(29)30/h4-8,11-12,14H,9-10,13H2,1-3H3,(H,23,31)(H,29,30). The first kappa shape index (κ1) is 22.7. The maximum atomic E-state index is 12.2. The molecule has 3 rings (SSSR count). The average molecular weight is 439 g/mol. The van der Waals surface area contributed by atoms with E-state index in [4.69, 9.17) is 9.84 Å². The number of hydrogen-bond donors (Lipinski definition) is 2. The molecule has 0 fully saturated rings. The van der Waals surface area contributed by atoms with Crippen LogP contribution < -0.4 is 10.9 Å². The molecule has 0 aliphatic heterocycles. The highest BCUT2D eigenvalue weighted by molar-refractivity contribution is 5.87. The lowest BCUT2D eigenvalue weighted by Gasteiger charge is -2.19. The van der Waals surface area contributed by atoms with Gasteiger partial charge in [-0.05, 0) is 44.5 Å². The molecule has 32 heavy (non-hydrogen) atoms. The number of carboxylic acids is 1. The van der Waals surface area contributed by atoms with Crippen molar-refractivity contribution >= 4 is 12.1 Å². The third-order valence-corrected chi connectivity index (χ3v) is 4.31. The highest BCUT2D eigenvalue weighted by Crippen LogP contribution is 2.15. The Balaban J connectivity index is 1.67. The van der Waals surface area contributed by atoms with Crippen molar-refractivity contribution in [2.75, 3.05) is 6.54 Å². The molecule has 2 aromatic heterocycles. The van der Waals surface area contributed by atoms with Gasteiger partial charge in [-0.3, -0.25) is 9.48 Å². The van der Waals surface area contributed by atoms with Crippen molar-refractivity contribution in [1.82, 2.24) is 24.9 Å². The summed E-state index contributed by atoms with van der Waals surface area (Å²) in [4.78, 5) is 35.1. The highest BCUT2D eigenvalue weighted by atomic mass is 16.6. The third-order valence-electron chi connectivity index (χ3n) is 4.31. The normalized spacial score (nSPS) is 11.2. The molecule has 10 nitrogen and oxygen atoms in total. The van der Waals surface area contributed by atoms with Crippen LogP contribution in [0.4, 0.5) is 4.79 Å². The molecule has 0 spiro atoms. The van der Waals surface area contributed by atoms with E-state index in [9.17, 15) is 14.4 Å². The van der Waals surface area contributed by atoms with E-state index in [1.165, 1.54) is 22.9 Å². The number of ether oxygens (including phenoxy) is 1. The number of nitrogens with zero attached hydrogens (tertiary/aromatic N) is 4. The van der Waals surface area contributed by atoms with E-state index in [0.29, 0.717) is 29.9 Å². The van der Waals surface area contributed by atoms with E-state index in [-0.39, 0.29) is 17.7 Å². The minimum atomic E-state index is -1.03. The number of carbonyl (C=O) groups excluding carboxylic acids is 1. The van der Waals surface area contributed by atoms with Gasteiger partial charge in [-0.1, -0.05) is 12.1 Å². The topological polar surface area (TPSA) is 128 Å². The zero-order valence-electron chi connectivity index (χ0n) is 18.1. The second-order valence-corrected chi connectivity index (χ2v) is 8.14. The number of nitrogens with one attached hydrogen (secondary N) is 1. The number of hydrogen-bond acceptors (Lipinski definition) is 6.